The van der Waals surface area contributed by atoms with Crippen molar-refractivity contribution in [3.05, 3.63) is 187 Å². The molecule has 0 amide bonds. The van der Waals surface area contributed by atoms with Crippen LogP contribution in [0.4, 0.5) is 0 Å². The third-order valence-electron chi connectivity index (χ3n) is 11.9. The highest BCUT2D eigenvalue weighted by Crippen LogP contribution is 2.43. The first-order chi connectivity index (χ1) is 29.0. The molecule has 10 rings (SSSR count). The van der Waals surface area contributed by atoms with E-state index in [1.54, 1.807) is 0 Å². The van der Waals surface area contributed by atoms with Crippen molar-refractivity contribution in [2.24, 2.45) is 0 Å². The number of rotatable bonds is 6. The van der Waals surface area contributed by atoms with Crippen molar-refractivity contribution in [1.29, 1.82) is 0 Å². The zero-order valence-corrected chi connectivity index (χ0v) is 35.1. The van der Waals surface area contributed by atoms with Crippen LogP contribution >= 0.6 is 0 Å². The zero-order chi connectivity index (χ0) is 41.2. The fraction of sp³-hybridized carbons (Fsp3) is 0.143. The van der Waals surface area contributed by atoms with E-state index in [0.29, 0.717) is 0 Å². The Bertz CT molecular complexity index is 3210. The Morgan fingerprint density at radius 2 is 1.12 bits per heavy atom. The maximum absolute atomic E-state index is 5.79. The number of hydrogen-bond donors (Lipinski definition) is 1. The van der Waals surface area contributed by atoms with Crippen LogP contribution in [-0.4, -0.2) is 19.5 Å². The van der Waals surface area contributed by atoms with Crippen molar-refractivity contribution in [3.8, 4) is 61.7 Å². The number of pyridine rings is 1. The van der Waals surface area contributed by atoms with Gasteiger partial charge >= 0.3 is 0 Å². The van der Waals surface area contributed by atoms with Gasteiger partial charge in [0.15, 0.2) is 0 Å². The molecule has 0 aliphatic rings. The maximum atomic E-state index is 5.79. The van der Waals surface area contributed by atoms with Gasteiger partial charge in [-0.3, -0.25) is 9.55 Å². The summed E-state index contributed by atoms with van der Waals surface area (Å²) < 4.78 is 2.40. The summed E-state index contributed by atoms with van der Waals surface area (Å²) >= 11 is 0. The molecule has 3 heterocycles. The van der Waals surface area contributed by atoms with Crippen molar-refractivity contribution in [1.82, 2.24) is 19.5 Å². The minimum absolute atomic E-state index is 0.0963. The number of aromatic nitrogens is 4. The molecule has 0 saturated carbocycles. The summed E-state index contributed by atoms with van der Waals surface area (Å²) in [5, 5.41) is 2.42. The Morgan fingerprint density at radius 1 is 0.467 bits per heavy atom. The fourth-order valence-electron chi connectivity index (χ4n) is 8.61. The lowest BCUT2D eigenvalue weighted by Crippen LogP contribution is -2.11. The number of hydrogen-bond acceptors (Lipinski definition) is 2. The van der Waals surface area contributed by atoms with Gasteiger partial charge in [-0.1, -0.05) is 157 Å². The fourth-order valence-corrected chi connectivity index (χ4v) is 8.61. The van der Waals surface area contributed by atoms with Crippen LogP contribution in [0.2, 0.25) is 0 Å². The number of aromatic amines is 1. The van der Waals surface area contributed by atoms with Crippen LogP contribution in [-0.2, 0) is 10.8 Å². The van der Waals surface area contributed by atoms with Gasteiger partial charge < -0.3 is 4.98 Å². The summed E-state index contributed by atoms with van der Waals surface area (Å²) in [6.07, 6.45) is 1.93. The van der Waals surface area contributed by atoms with Crippen LogP contribution < -0.4 is 0 Å². The third-order valence-corrected chi connectivity index (χ3v) is 11.9. The molecule has 60 heavy (non-hydrogen) atoms. The van der Waals surface area contributed by atoms with E-state index in [4.69, 9.17) is 9.97 Å². The van der Waals surface area contributed by atoms with Crippen LogP contribution in [0.5, 0.6) is 0 Å². The van der Waals surface area contributed by atoms with E-state index in [0.717, 1.165) is 78.2 Å². The molecule has 3 aromatic heterocycles. The Balaban J connectivity index is 1.28. The molecule has 292 valence electrons. The van der Waals surface area contributed by atoms with Gasteiger partial charge in [0.1, 0.15) is 5.82 Å². The molecule has 0 fully saturated rings. The normalized spacial score (nSPS) is 12.2. The first-order valence-electron chi connectivity index (χ1n) is 20.9. The number of H-pyrrole nitrogens is 1. The lowest BCUT2D eigenvalue weighted by molar-refractivity contribution is 0.590. The molecule has 4 heteroatoms. The van der Waals surface area contributed by atoms with Crippen molar-refractivity contribution in [2.75, 3.05) is 0 Å². The molecule has 0 atom stereocenters. The molecule has 0 saturated heterocycles. The van der Waals surface area contributed by atoms with Gasteiger partial charge in [0.05, 0.1) is 27.9 Å². The smallest absolute Gasteiger partial charge is 0.147 e. The lowest BCUT2D eigenvalue weighted by Gasteiger charge is -2.22. The number of imidazole rings is 1. The van der Waals surface area contributed by atoms with E-state index in [2.05, 4.69) is 221 Å². The monoisotopic (exact) mass is 776 g/mol. The number of nitrogens with zero attached hydrogens (tertiary/aromatic N) is 3. The number of para-hydroxylation sites is 3. The van der Waals surface area contributed by atoms with Gasteiger partial charge in [0, 0.05) is 44.7 Å². The number of benzene rings is 7. The van der Waals surface area contributed by atoms with Crippen molar-refractivity contribution < 1.29 is 0 Å². The quantitative estimate of drug-likeness (QED) is 0.183. The average Bonchev–Trinajstić information content (AvgIpc) is 3.85. The van der Waals surface area contributed by atoms with Crippen LogP contribution in [0.3, 0.4) is 0 Å². The standard InChI is InChI=1S/C56H48N4/c1-55(2,3)41-31-39(30-40(32-41)49-33-38(28-29-57-49)36-18-9-7-10-19-36)44-24-17-27-51-53(44)59-54(60(51)50-26-16-14-22-43(50)37-20-11-8-12-21-37)47-35-42(56(4,5)6)34-46-45-23-13-15-25-48(45)58-52(46)47/h7-35,58H,1-6H3. The van der Waals surface area contributed by atoms with E-state index >= 15 is 0 Å². The highest BCUT2D eigenvalue weighted by molar-refractivity contribution is 6.12. The minimum atomic E-state index is -0.108. The lowest BCUT2D eigenvalue weighted by atomic mass is 9.83. The predicted molar refractivity (Wildman–Crippen MR) is 253 cm³/mol. The van der Waals surface area contributed by atoms with Crippen LogP contribution in [0.1, 0.15) is 52.7 Å². The van der Waals surface area contributed by atoms with Gasteiger partial charge in [-0.15, -0.1) is 0 Å². The SMILES string of the molecule is CC(C)(C)c1cc(-c2cc(-c3ccccc3)ccn2)cc(-c2cccc3c2nc(-c2cc(C(C)(C)C)cc4c2[nH]c2ccccc24)n3-c2ccccc2-c2ccccc2)c1. The third kappa shape index (κ3) is 6.59. The van der Waals surface area contributed by atoms with Crippen LogP contribution in [0, 0.1) is 0 Å². The summed E-state index contributed by atoms with van der Waals surface area (Å²) in [5.41, 5.74) is 17.5. The largest absolute Gasteiger partial charge is 0.354 e. The molecule has 0 spiro atoms. The molecule has 7 aromatic carbocycles. The summed E-state index contributed by atoms with van der Waals surface area (Å²) in [5.74, 6) is 0.896. The molecule has 0 unspecified atom stereocenters. The average molecular weight is 777 g/mol. The second-order valence-corrected chi connectivity index (χ2v) is 18.0. The molecular formula is C56H48N4. The van der Waals surface area contributed by atoms with Gasteiger partial charge in [-0.05, 0) is 98.8 Å². The Morgan fingerprint density at radius 3 is 1.88 bits per heavy atom. The molecule has 1 N–H and O–H groups in total. The first-order valence-corrected chi connectivity index (χ1v) is 20.9. The number of nitrogens with one attached hydrogen (secondary N) is 1. The molecule has 10 aromatic rings. The Kier molecular flexibility index (Phi) is 8.91. The van der Waals surface area contributed by atoms with E-state index in [9.17, 15) is 0 Å². The molecule has 0 aliphatic carbocycles. The summed E-state index contributed by atoms with van der Waals surface area (Å²) in [7, 11) is 0. The minimum Gasteiger partial charge on any atom is -0.354 e. The van der Waals surface area contributed by atoms with E-state index in [-0.39, 0.29) is 10.8 Å². The Labute approximate surface area is 352 Å². The summed E-state index contributed by atoms with van der Waals surface area (Å²) in [6.45, 7) is 13.7. The second kappa shape index (κ2) is 14.4. The van der Waals surface area contributed by atoms with Gasteiger partial charge in [-0.2, -0.15) is 0 Å². The van der Waals surface area contributed by atoms with E-state index < -0.39 is 0 Å². The molecule has 0 bridgehead atoms. The summed E-state index contributed by atoms with van der Waals surface area (Å²) in [6, 6.07) is 61.2. The highest BCUT2D eigenvalue weighted by atomic mass is 15.1. The van der Waals surface area contributed by atoms with Crippen molar-refractivity contribution in [3.63, 3.8) is 0 Å². The molecular weight excluding hydrogens is 729 g/mol. The first kappa shape index (κ1) is 37.2. The van der Waals surface area contributed by atoms with Crippen LogP contribution in [0.15, 0.2) is 176 Å². The number of fused-ring (bicyclic) bond motifs is 4. The predicted octanol–water partition coefficient (Wildman–Crippen LogP) is 15.0. The highest BCUT2D eigenvalue weighted by Gasteiger charge is 2.26. The maximum Gasteiger partial charge on any atom is 0.147 e. The molecule has 4 nitrogen and oxygen atoms in total. The Hall–Kier alpha value is -7.04. The van der Waals surface area contributed by atoms with Crippen molar-refractivity contribution >= 4 is 32.8 Å². The van der Waals surface area contributed by atoms with E-state index in [1.807, 2.05) is 6.20 Å². The molecule has 0 aliphatic heterocycles. The molecule has 0 radical (unpaired) electrons. The topological polar surface area (TPSA) is 46.5 Å². The van der Waals surface area contributed by atoms with Crippen molar-refractivity contribution in [2.45, 2.75) is 52.4 Å². The summed E-state index contributed by atoms with van der Waals surface area (Å²) in [4.78, 5) is 14.6. The van der Waals surface area contributed by atoms with Gasteiger partial charge in [-0.25, -0.2) is 4.98 Å². The van der Waals surface area contributed by atoms with E-state index in [1.165, 1.54) is 27.5 Å². The van der Waals surface area contributed by atoms with Gasteiger partial charge in [0.25, 0.3) is 0 Å². The van der Waals surface area contributed by atoms with Gasteiger partial charge in [0.2, 0.25) is 0 Å². The van der Waals surface area contributed by atoms with Crippen LogP contribution in [0.25, 0.3) is 94.6 Å². The zero-order valence-electron chi connectivity index (χ0n) is 35.1. The second-order valence-electron chi connectivity index (χ2n) is 18.0.